The van der Waals surface area contributed by atoms with E-state index in [9.17, 15) is 13.6 Å². The van der Waals surface area contributed by atoms with Gasteiger partial charge in [0.1, 0.15) is 11.6 Å². The Morgan fingerprint density at radius 1 is 1.38 bits per heavy atom. The molecule has 2 rings (SSSR count). The number of nitrogens with one attached hydrogen (secondary N) is 2. The highest BCUT2D eigenvalue weighted by molar-refractivity contribution is 6.05. The van der Waals surface area contributed by atoms with Gasteiger partial charge in [-0.1, -0.05) is 0 Å². The van der Waals surface area contributed by atoms with E-state index >= 15 is 0 Å². The van der Waals surface area contributed by atoms with E-state index in [-0.39, 0.29) is 22.8 Å². The number of aryl methyl sites for hydroxylation is 1. The number of carbonyl (C=O) groups excluding carboxylic acids is 1. The summed E-state index contributed by atoms with van der Waals surface area (Å²) in [6.45, 7) is 3.03. The Morgan fingerprint density at radius 2 is 2.08 bits per heavy atom. The summed E-state index contributed by atoms with van der Waals surface area (Å²) < 4.78 is 27.6. The maximum Gasteiger partial charge on any atom is 0.284 e. The Balaban J connectivity index is 2.25. The van der Waals surface area contributed by atoms with Crippen LogP contribution in [0, 0.1) is 25.1 Å². The van der Waals surface area contributed by atoms with Crippen molar-refractivity contribution in [3.05, 3.63) is 52.5 Å². The number of aromatic nitrogens is 2. The normalized spacial score (nSPS) is 11.2. The molecule has 0 saturated heterocycles. The molecule has 2 heterocycles. The molecule has 8 heteroatoms. The second-order valence-electron chi connectivity index (χ2n) is 4.99. The van der Waals surface area contributed by atoms with Crippen LogP contribution in [0.5, 0.6) is 0 Å². The van der Waals surface area contributed by atoms with Crippen molar-refractivity contribution >= 4 is 29.7 Å². The molecule has 24 heavy (non-hydrogen) atoms. The highest BCUT2D eigenvalue weighted by Gasteiger charge is 2.15. The highest BCUT2D eigenvalue weighted by Crippen LogP contribution is 2.21. The first-order valence-electron chi connectivity index (χ1n) is 6.90. The van der Waals surface area contributed by atoms with E-state index in [0.29, 0.717) is 11.3 Å². The van der Waals surface area contributed by atoms with Crippen LogP contribution in [0.3, 0.4) is 0 Å². The van der Waals surface area contributed by atoms with Gasteiger partial charge in [0.2, 0.25) is 0 Å². The summed E-state index contributed by atoms with van der Waals surface area (Å²) in [6.07, 6.45) is 2.95. The van der Waals surface area contributed by atoms with Gasteiger partial charge in [-0.15, -0.1) is 0 Å². The molecule has 0 saturated carbocycles. The number of nitrogens with two attached hydrogens (primary N) is 1. The van der Waals surface area contributed by atoms with Crippen molar-refractivity contribution in [3.63, 3.8) is 0 Å². The van der Waals surface area contributed by atoms with Gasteiger partial charge in [0, 0.05) is 23.4 Å². The van der Waals surface area contributed by atoms with Crippen LogP contribution in [0.4, 0.5) is 20.3 Å². The van der Waals surface area contributed by atoms with Gasteiger partial charge >= 0.3 is 0 Å². The largest absolute Gasteiger partial charge is 0.383 e. The highest BCUT2D eigenvalue weighted by atomic mass is 19.1. The lowest BCUT2D eigenvalue weighted by Gasteiger charge is -2.10. The number of rotatable bonds is 4. The third-order valence-corrected chi connectivity index (χ3v) is 3.33. The lowest BCUT2D eigenvalue weighted by Crippen LogP contribution is -2.15. The van der Waals surface area contributed by atoms with Gasteiger partial charge in [0.05, 0.1) is 23.3 Å². The molecule has 0 unspecified atom stereocenters. The molecule has 0 aliphatic carbocycles. The summed E-state index contributed by atoms with van der Waals surface area (Å²) in [4.78, 5) is 19.6. The van der Waals surface area contributed by atoms with Crippen molar-refractivity contribution < 1.29 is 13.6 Å². The molecule has 0 spiro atoms. The van der Waals surface area contributed by atoms with Gasteiger partial charge in [-0.25, -0.2) is 13.8 Å². The number of amides is 1. The summed E-state index contributed by atoms with van der Waals surface area (Å²) in [5.41, 5.74) is 6.76. The predicted octanol–water partition coefficient (Wildman–Crippen LogP) is 2.76. The van der Waals surface area contributed by atoms with E-state index in [0.717, 1.165) is 18.5 Å². The Morgan fingerprint density at radius 3 is 2.71 bits per heavy atom. The Hall–Kier alpha value is -3.16. The molecule has 6 nitrogen and oxygen atoms in total. The Kier molecular flexibility index (Phi) is 4.98. The molecule has 2 aromatic heterocycles. The fourth-order valence-corrected chi connectivity index (χ4v) is 1.96. The number of nitrogens with zero attached hydrogens (tertiary/aromatic N) is 2. The minimum absolute atomic E-state index is 0.0491. The molecule has 4 N–H and O–H groups in total. The van der Waals surface area contributed by atoms with Crippen LogP contribution in [-0.2, 0) is 4.79 Å². The Bertz CT molecular complexity index is 849. The molecule has 0 radical (unpaired) electrons. The number of hydrogen-bond acceptors (Lipinski definition) is 5. The number of hydrogen-bond donors (Lipinski definition) is 3. The van der Waals surface area contributed by atoms with Crippen LogP contribution in [-0.4, -0.2) is 22.1 Å². The maximum atomic E-state index is 14.1. The van der Waals surface area contributed by atoms with Crippen LogP contribution in [0.2, 0.25) is 0 Å². The third kappa shape index (κ3) is 3.60. The van der Waals surface area contributed by atoms with Crippen molar-refractivity contribution in [1.29, 1.82) is 5.41 Å². The molecule has 0 bridgehead atoms. The second-order valence-corrected chi connectivity index (χ2v) is 4.99. The monoisotopic (exact) mass is 331 g/mol. The van der Waals surface area contributed by atoms with E-state index in [2.05, 4.69) is 15.3 Å². The van der Waals surface area contributed by atoms with Crippen LogP contribution in [0.25, 0.3) is 6.08 Å². The summed E-state index contributed by atoms with van der Waals surface area (Å²) in [5, 5.41) is 9.41. The van der Waals surface area contributed by atoms with Crippen molar-refractivity contribution in [1.82, 2.24) is 9.97 Å². The fourth-order valence-electron chi connectivity index (χ4n) is 1.96. The minimum atomic E-state index is -1.12. The van der Waals surface area contributed by atoms with Crippen molar-refractivity contribution in [2.45, 2.75) is 13.8 Å². The van der Waals surface area contributed by atoms with E-state index < -0.39 is 17.6 Å². The van der Waals surface area contributed by atoms with Gasteiger partial charge in [0.25, 0.3) is 5.91 Å². The van der Waals surface area contributed by atoms with Gasteiger partial charge in [-0.05, 0) is 26.0 Å². The quantitative estimate of drug-likeness (QED) is 0.592. The second kappa shape index (κ2) is 6.95. The first-order chi connectivity index (χ1) is 11.3. The lowest BCUT2D eigenvalue weighted by atomic mass is 10.2. The smallest absolute Gasteiger partial charge is 0.284 e. The van der Waals surface area contributed by atoms with Crippen molar-refractivity contribution in [2.24, 2.45) is 0 Å². The molecule has 1 amide bonds. The SMILES string of the molecule is Cc1ncc(F)c(C)c1NC(=O)/C(F)=C/c1ccc(C=N)c(N)n1. The average molecular weight is 331 g/mol. The first-order valence-corrected chi connectivity index (χ1v) is 6.90. The van der Waals surface area contributed by atoms with Crippen LogP contribution in [0.1, 0.15) is 22.5 Å². The topological polar surface area (TPSA) is 105 Å². The van der Waals surface area contributed by atoms with E-state index in [4.69, 9.17) is 11.1 Å². The van der Waals surface area contributed by atoms with Gasteiger partial charge in [-0.3, -0.25) is 9.78 Å². The zero-order chi connectivity index (χ0) is 17.9. The summed E-state index contributed by atoms with van der Waals surface area (Å²) in [6, 6.07) is 2.90. The van der Waals surface area contributed by atoms with Gasteiger partial charge in [0.15, 0.2) is 5.83 Å². The minimum Gasteiger partial charge on any atom is -0.383 e. The number of anilines is 2. The number of nitrogen functional groups attached to an aromatic ring is 1. The first kappa shape index (κ1) is 17.2. The summed E-state index contributed by atoms with van der Waals surface area (Å²) in [5.74, 6) is -2.72. The average Bonchev–Trinajstić information content (AvgIpc) is 2.55. The molecule has 124 valence electrons. The number of pyridine rings is 2. The van der Waals surface area contributed by atoms with Crippen LogP contribution >= 0.6 is 0 Å². The van der Waals surface area contributed by atoms with E-state index in [1.165, 1.54) is 19.1 Å². The molecule has 0 atom stereocenters. The van der Waals surface area contributed by atoms with Crippen molar-refractivity contribution in [2.75, 3.05) is 11.1 Å². The molecular weight excluding hydrogens is 316 g/mol. The summed E-state index contributed by atoms with van der Waals surface area (Å²) in [7, 11) is 0. The number of halogens is 2. The fraction of sp³-hybridized carbons (Fsp3) is 0.125. The Labute approximate surface area is 136 Å². The zero-order valence-corrected chi connectivity index (χ0v) is 13.0. The van der Waals surface area contributed by atoms with Crippen LogP contribution in [0.15, 0.2) is 24.2 Å². The van der Waals surface area contributed by atoms with Crippen molar-refractivity contribution in [3.8, 4) is 0 Å². The zero-order valence-electron chi connectivity index (χ0n) is 13.0. The predicted molar refractivity (Wildman–Crippen MR) is 87.9 cm³/mol. The molecule has 2 aromatic rings. The van der Waals surface area contributed by atoms with Gasteiger partial charge < -0.3 is 16.5 Å². The van der Waals surface area contributed by atoms with E-state index in [1.807, 2.05) is 0 Å². The molecule has 0 aromatic carbocycles. The molecule has 0 aliphatic heterocycles. The molecular formula is C16H15F2N5O. The number of carbonyl (C=O) groups is 1. The van der Waals surface area contributed by atoms with E-state index in [1.54, 1.807) is 6.92 Å². The van der Waals surface area contributed by atoms with Crippen LogP contribution < -0.4 is 11.1 Å². The maximum absolute atomic E-state index is 14.1. The summed E-state index contributed by atoms with van der Waals surface area (Å²) >= 11 is 0. The molecule has 0 fully saturated rings. The lowest BCUT2D eigenvalue weighted by molar-refractivity contribution is -0.114. The van der Waals surface area contributed by atoms with Gasteiger partial charge in [-0.2, -0.15) is 0 Å². The third-order valence-electron chi connectivity index (χ3n) is 3.33. The standard InChI is InChI=1S/C16H15F2N5O/c1-8-13(18)7-21-9(2)14(8)23-16(24)12(17)5-11-4-3-10(6-19)15(20)22-11/h3-7,19H,1-2H3,(H2,20,22)(H,23,24)/b12-5-,19-6?. The molecule has 0 aliphatic rings.